The third kappa shape index (κ3) is 5.90. The van der Waals surface area contributed by atoms with Crippen molar-refractivity contribution in [3.05, 3.63) is 65.5 Å². The molecule has 4 heteroatoms. The number of aromatic nitrogens is 1. The van der Waals surface area contributed by atoms with Crippen LogP contribution in [-0.4, -0.2) is 40.3 Å². The summed E-state index contributed by atoms with van der Waals surface area (Å²) < 4.78 is 0. The number of amides is 1. The SMILES string of the molecule is CCCC(=O)N(Cc1cccnc1)CC1CCN(Cc2ccccc2C)CC1. The van der Waals surface area contributed by atoms with E-state index in [4.69, 9.17) is 0 Å². The molecule has 0 aliphatic carbocycles. The van der Waals surface area contributed by atoms with Crippen LogP contribution in [0.2, 0.25) is 0 Å². The summed E-state index contributed by atoms with van der Waals surface area (Å²) in [6.45, 7) is 9.07. The molecule has 1 aliphatic rings. The van der Waals surface area contributed by atoms with Crippen molar-refractivity contribution in [1.29, 1.82) is 0 Å². The van der Waals surface area contributed by atoms with Crippen molar-refractivity contribution in [2.45, 2.75) is 52.6 Å². The quantitative estimate of drug-likeness (QED) is 0.681. The molecular weight excluding hydrogens is 346 g/mol. The summed E-state index contributed by atoms with van der Waals surface area (Å²) in [5.41, 5.74) is 3.92. The van der Waals surface area contributed by atoms with Crippen LogP contribution in [0.1, 0.15) is 49.3 Å². The third-order valence-electron chi connectivity index (χ3n) is 5.75. The summed E-state index contributed by atoms with van der Waals surface area (Å²) in [6.07, 6.45) is 7.51. The van der Waals surface area contributed by atoms with Crippen molar-refractivity contribution in [1.82, 2.24) is 14.8 Å². The molecule has 28 heavy (non-hydrogen) atoms. The van der Waals surface area contributed by atoms with Gasteiger partial charge in [0.2, 0.25) is 5.91 Å². The van der Waals surface area contributed by atoms with E-state index in [1.807, 2.05) is 12.3 Å². The summed E-state index contributed by atoms with van der Waals surface area (Å²) in [4.78, 5) is 21.5. The highest BCUT2D eigenvalue weighted by molar-refractivity contribution is 5.76. The number of aryl methyl sites for hydroxylation is 1. The van der Waals surface area contributed by atoms with Gasteiger partial charge in [-0.05, 0) is 68.0 Å². The van der Waals surface area contributed by atoms with Gasteiger partial charge in [0.15, 0.2) is 0 Å². The molecule has 1 saturated heterocycles. The maximum atomic E-state index is 12.7. The number of benzene rings is 1. The molecular formula is C24H33N3O. The van der Waals surface area contributed by atoms with E-state index in [0.717, 1.165) is 51.0 Å². The normalized spacial score (nSPS) is 15.5. The van der Waals surface area contributed by atoms with Crippen LogP contribution in [-0.2, 0) is 17.9 Å². The van der Waals surface area contributed by atoms with E-state index in [0.29, 0.717) is 18.9 Å². The van der Waals surface area contributed by atoms with Gasteiger partial charge in [-0.3, -0.25) is 14.7 Å². The zero-order valence-electron chi connectivity index (χ0n) is 17.3. The third-order valence-corrected chi connectivity index (χ3v) is 5.75. The van der Waals surface area contributed by atoms with E-state index in [1.165, 1.54) is 11.1 Å². The van der Waals surface area contributed by atoms with Crippen LogP contribution in [0.3, 0.4) is 0 Å². The summed E-state index contributed by atoms with van der Waals surface area (Å²) in [7, 11) is 0. The van der Waals surface area contributed by atoms with Gasteiger partial charge in [-0.15, -0.1) is 0 Å². The lowest BCUT2D eigenvalue weighted by Crippen LogP contribution is -2.40. The van der Waals surface area contributed by atoms with Gasteiger partial charge in [0.05, 0.1) is 0 Å². The first-order valence-electron chi connectivity index (χ1n) is 10.6. The van der Waals surface area contributed by atoms with Crippen molar-refractivity contribution < 1.29 is 4.79 Å². The van der Waals surface area contributed by atoms with E-state index in [9.17, 15) is 4.79 Å². The molecule has 0 atom stereocenters. The highest BCUT2D eigenvalue weighted by Gasteiger charge is 2.24. The first-order valence-corrected chi connectivity index (χ1v) is 10.6. The second-order valence-corrected chi connectivity index (χ2v) is 8.03. The van der Waals surface area contributed by atoms with Gasteiger partial charge in [-0.2, -0.15) is 0 Å². The fraction of sp³-hybridized carbons (Fsp3) is 0.500. The lowest BCUT2D eigenvalue weighted by atomic mass is 9.95. The number of rotatable bonds is 8. The molecule has 1 amide bonds. The van der Waals surface area contributed by atoms with E-state index >= 15 is 0 Å². The molecule has 0 radical (unpaired) electrons. The topological polar surface area (TPSA) is 36.4 Å². The average Bonchev–Trinajstić information content (AvgIpc) is 2.71. The monoisotopic (exact) mass is 379 g/mol. The second kappa shape index (κ2) is 10.4. The molecule has 1 aromatic carbocycles. The fourth-order valence-corrected chi connectivity index (χ4v) is 4.01. The van der Waals surface area contributed by atoms with Gasteiger partial charge < -0.3 is 4.90 Å². The number of hydrogen-bond acceptors (Lipinski definition) is 3. The van der Waals surface area contributed by atoms with Crippen molar-refractivity contribution in [3.63, 3.8) is 0 Å². The van der Waals surface area contributed by atoms with Crippen LogP contribution in [0.4, 0.5) is 0 Å². The number of carbonyl (C=O) groups is 1. The predicted octanol–water partition coefficient (Wildman–Crippen LogP) is 4.43. The lowest BCUT2D eigenvalue weighted by Gasteiger charge is -2.35. The zero-order chi connectivity index (χ0) is 19.8. The van der Waals surface area contributed by atoms with Crippen LogP contribution in [0, 0.1) is 12.8 Å². The van der Waals surface area contributed by atoms with E-state index in [2.05, 4.69) is 59.0 Å². The number of pyridine rings is 1. The van der Waals surface area contributed by atoms with Crippen molar-refractivity contribution in [2.75, 3.05) is 19.6 Å². The molecule has 150 valence electrons. The molecule has 3 rings (SSSR count). The van der Waals surface area contributed by atoms with Gasteiger partial charge in [-0.1, -0.05) is 37.3 Å². The van der Waals surface area contributed by atoms with Crippen molar-refractivity contribution in [3.8, 4) is 0 Å². The summed E-state index contributed by atoms with van der Waals surface area (Å²) in [6, 6.07) is 12.7. The van der Waals surface area contributed by atoms with Crippen LogP contribution >= 0.6 is 0 Å². The Hall–Kier alpha value is -2.20. The molecule has 4 nitrogen and oxygen atoms in total. The Morgan fingerprint density at radius 2 is 1.96 bits per heavy atom. The molecule has 1 fully saturated rings. The van der Waals surface area contributed by atoms with Crippen LogP contribution in [0.25, 0.3) is 0 Å². The molecule has 0 unspecified atom stereocenters. The van der Waals surface area contributed by atoms with Crippen LogP contribution in [0.15, 0.2) is 48.8 Å². The largest absolute Gasteiger partial charge is 0.338 e. The Morgan fingerprint density at radius 3 is 2.64 bits per heavy atom. The summed E-state index contributed by atoms with van der Waals surface area (Å²) >= 11 is 0. The Balaban J connectivity index is 1.54. The maximum Gasteiger partial charge on any atom is 0.222 e. The Kier molecular flexibility index (Phi) is 7.61. The lowest BCUT2D eigenvalue weighted by molar-refractivity contribution is -0.132. The van der Waals surface area contributed by atoms with Gasteiger partial charge >= 0.3 is 0 Å². The minimum absolute atomic E-state index is 0.272. The average molecular weight is 380 g/mol. The first kappa shape index (κ1) is 20.5. The summed E-state index contributed by atoms with van der Waals surface area (Å²) in [5, 5.41) is 0. The van der Waals surface area contributed by atoms with E-state index < -0.39 is 0 Å². The smallest absolute Gasteiger partial charge is 0.222 e. The van der Waals surface area contributed by atoms with Crippen molar-refractivity contribution >= 4 is 5.91 Å². The molecule has 1 aliphatic heterocycles. The molecule has 0 saturated carbocycles. The molecule has 2 heterocycles. The first-order chi connectivity index (χ1) is 13.7. The Bertz CT molecular complexity index is 739. The van der Waals surface area contributed by atoms with Crippen molar-refractivity contribution in [2.24, 2.45) is 5.92 Å². The zero-order valence-corrected chi connectivity index (χ0v) is 17.3. The highest BCUT2D eigenvalue weighted by atomic mass is 16.2. The Morgan fingerprint density at radius 1 is 1.18 bits per heavy atom. The van der Waals surface area contributed by atoms with E-state index in [-0.39, 0.29) is 5.91 Å². The van der Waals surface area contributed by atoms with Crippen LogP contribution < -0.4 is 0 Å². The number of piperidine rings is 1. The molecule has 0 N–H and O–H groups in total. The standard InChI is InChI=1S/C24H33N3O/c1-3-7-24(28)27(18-22-9-6-13-25-16-22)17-21-11-14-26(15-12-21)19-23-10-5-4-8-20(23)2/h4-6,8-10,13,16,21H,3,7,11-12,14-15,17-19H2,1-2H3. The molecule has 0 bridgehead atoms. The second-order valence-electron chi connectivity index (χ2n) is 8.03. The predicted molar refractivity (Wildman–Crippen MR) is 114 cm³/mol. The van der Waals surface area contributed by atoms with Gasteiger partial charge in [0.25, 0.3) is 0 Å². The van der Waals surface area contributed by atoms with Gasteiger partial charge in [-0.25, -0.2) is 0 Å². The van der Waals surface area contributed by atoms with Gasteiger partial charge in [0.1, 0.15) is 0 Å². The van der Waals surface area contributed by atoms with Crippen LogP contribution in [0.5, 0.6) is 0 Å². The maximum absolute atomic E-state index is 12.7. The minimum atomic E-state index is 0.272. The summed E-state index contributed by atoms with van der Waals surface area (Å²) in [5.74, 6) is 0.860. The highest BCUT2D eigenvalue weighted by Crippen LogP contribution is 2.22. The minimum Gasteiger partial charge on any atom is -0.338 e. The van der Waals surface area contributed by atoms with Gasteiger partial charge in [0, 0.05) is 38.4 Å². The number of hydrogen-bond donors (Lipinski definition) is 0. The fourth-order valence-electron chi connectivity index (χ4n) is 4.01. The number of carbonyl (C=O) groups excluding carboxylic acids is 1. The molecule has 1 aromatic heterocycles. The molecule has 2 aromatic rings. The number of likely N-dealkylation sites (tertiary alicyclic amines) is 1. The molecule has 0 spiro atoms. The Labute approximate surface area is 169 Å². The number of nitrogens with zero attached hydrogens (tertiary/aromatic N) is 3. The van der Waals surface area contributed by atoms with E-state index in [1.54, 1.807) is 6.20 Å².